The topological polar surface area (TPSA) is 73.0 Å². The number of aryl methyl sites for hydroxylation is 2. The number of rotatable bonds is 6. The summed E-state index contributed by atoms with van der Waals surface area (Å²) in [6.45, 7) is 0.581. The molecule has 1 N–H and O–H groups in total. The van der Waals surface area contributed by atoms with Crippen molar-refractivity contribution in [2.75, 3.05) is 6.54 Å². The first-order chi connectivity index (χ1) is 11.2. The number of carbonyl (C=O) groups is 1. The number of nitrogens with one attached hydrogen (secondary N) is 1. The maximum Gasteiger partial charge on any atom is 0.273 e. The van der Waals surface area contributed by atoms with Gasteiger partial charge >= 0.3 is 0 Å². The Bertz CT molecular complexity index is 777. The van der Waals surface area contributed by atoms with Crippen LogP contribution in [0.25, 0.3) is 11.3 Å². The Labute approximate surface area is 134 Å². The summed E-state index contributed by atoms with van der Waals surface area (Å²) >= 11 is 0. The molecule has 0 atom stereocenters. The highest BCUT2D eigenvalue weighted by Gasteiger charge is 2.13. The van der Waals surface area contributed by atoms with E-state index in [1.165, 1.54) is 0 Å². The summed E-state index contributed by atoms with van der Waals surface area (Å²) in [7, 11) is 1.96. The summed E-state index contributed by atoms with van der Waals surface area (Å²) in [6.07, 6.45) is 5.32. The van der Waals surface area contributed by atoms with Crippen LogP contribution in [0.3, 0.4) is 0 Å². The molecule has 0 saturated carbocycles. The molecule has 0 aliphatic carbocycles. The van der Waals surface area contributed by atoms with Gasteiger partial charge in [0.15, 0.2) is 11.5 Å². The first-order valence-electron chi connectivity index (χ1n) is 7.49. The molecule has 0 spiro atoms. The van der Waals surface area contributed by atoms with Crippen molar-refractivity contribution in [3.63, 3.8) is 0 Å². The van der Waals surface area contributed by atoms with Crippen molar-refractivity contribution in [2.45, 2.75) is 12.8 Å². The Morgan fingerprint density at radius 3 is 2.87 bits per heavy atom. The summed E-state index contributed by atoms with van der Waals surface area (Å²) in [6, 6.07) is 11.2. The van der Waals surface area contributed by atoms with E-state index >= 15 is 0 Å². The molecule has 0 radical (unpaired) electrons. The zero-order valence-electron chi connectivity index (χ0n) is 12.9. The lowest BCUT2D eigenvalue weighted by Crippen LogP contribution is -2.25. The van der Waals surface area contributed by atoms with Gasteiger partial charge in [-0.05, 0) is 12.8 Å². The SMILES string of the molecule is Cn1cncc1CCCNC(=O)c1cc(-c2ccccc2)on1. The lowest BCUT2D eigenvalue weighted by molar-refractivity contribution is 0.0944. The predicted octanol–water partition coefficient (Wildman–Crippen LogP) is 2.44. The van der Waals surface area contributed by atoms with Crippen LogP contribution in [0.4, 0.5) is 0 Å². The molecule has 6 nitrogen and oxygen atoms in total. The van der Waals surface area contributed by atoms with Gasteiger partial charge in [0.05, 0.1) is 6.33 Å². The van der Waals surface area contributed by atoms with Gasteiger partial charge in [-0.1, -0.05) is 35.5 Å². The molecule has 6 heteroatoms. The van der Waals surface area contributed by atoms with Crippen LogP contribution in [0, 0.1) is 0 Å². The third-order valence-corrected chi connectivity index (χ3v) is 3.61. The van der Waals surface area contributed by atoms with Gasteiger partial charge in [0, 0.05) is 37.1 Å². The fourth-order valence-corrected chi connectivity index (χ4v) is 2.31. The third kappa shape index (κ3) is 3.66. The van der Waals surface area contributed by atoms with Gasteiger partial charge in [0.2, 0.25) is 0 Å². The predicted molar refractivity (Wildman–Crippen MR) is 85.8 cm³/mol. The van der Waals surface area contributed by atoms with Crippen molar-refractivity contribution in [2.24, 2.45) is 7.05 Å². The molecule has 118 valence electrons. The Kier molecular flexibility index (Phi) is 4.52. The molecular formula is C17H18N4O2. The standard InChI is InChI=1S/C17H18N4O2/c1-21-12-18-11-14(21)8-5-9-19-17(22)15-10-16(23-20-15)13-6-3-2-4-7-13/h2-4,6-7,10-12H,5,8-9H2,1H3,(H,19,22). The van der Waals surface area contributed by atoms with E-state index in [1.54, 1.807) is 12.4 Å². The number of nitrogens with zero attached hydrogens (tertiary/aromatic N) is 3. The van der Waals surface area contributed by atoms with E-state index in [0.29, 0.717) is 18.0 Å². The molecule has 0 bridgehead atoms. The van der Waals surface area contributed by atoms with Crippen molar-refractivity contribution >= 4 is 5.91 Å². The van der Waals surface area contributed by atoms with E-state index in [9.17, 15) is 4.79 Å². The van der Waals surface area contributed by atoms with Crippen molar-refractivity contribution < 1.29 is 9.32 Å². The van der Waals surface area contributed by atoms with Crippen molar-refractivity contribution in [3.05, 3.63) is 60.3 Å². The van der Waals surface area contributed by atoms with Crippen molar-refractivity contribution in [1.82, 2.24) is 20.0 Å². The molecule has 0 aliphatic rings. The van der Waals surface area contributed by atoms with E-state index in [1.807, 2.05) is 48.1 Å². The van der Waals surface area contributed by atoms with E-state index in [-0.39, 0.29) is 5.91 Å². The molecule has 0 saturated heterocycles. The molecular weight excluding hydrogens is 292 g/mol. The molecule has 3 aromatic rings. The lowest BCUT2D eigenvalue weighted by atomic mass is 10.1. The number of aromatic nitrogens is 3. The highest BCUT2D eigenvalue weighted by molar-refractivity contribution is 5.93. The van der Waals surface area contributed by atoms with Gasteiger partial charge in [0.1, 0.15) is 0 Å². The number of imidazole rings is 1. The minimum absolute atomic E-state index is 0.221. The third-order valence-electron chi connectivity index (χ3n) is 3.61. The number of hydrogen-bond acceptors (Lipinski definition) is 4. The van der Waals surface area contributed by atoms with E-state index in [2.05, 4.69) is 15.5 Å². The second kappa shape index (κ2) is 6.91. The minimum atomic E-state index is -0.221. The lowest BCUT2D eigenvalue weighted by Gasteiger charge is -2.03. The van der Waals surface area contributed by atoms with Crippen LogP contribution in [0.15, 0.2) is 53.4 Å². The minimum Gasteiger partial charge on any atom is -0.355 e. The van der Waals surface area contributed by atoms with E-state index < -0.39 is 0 Å². The Morgan fingerprint density at radius 2 is 2.13 bits per heavy atom. The fourth-order valence-electron chi connectivity index (χ4n) is 2.31. The summed E-state index contributed by atoms with van der Waals surface area (Å²) in [5.74, 6) is 0.367. The molecule has 1 amide bonds. The second-order valence-electron chi connectivity index (χ2n) is 5.30. The monoisotopic (exact) mass is 310 g/mol. The smallest absolute Gasteiger partial charge is 0.273 e. The molecule has 0 aliphatic heterocycles. The second-order valence-corrected chi connectivity index (χ2v) is 5.30. The van der Waals surface area contributed by atoms with Crippen molar-refractivity contribution in [1.29, 1.82) is 0 Å². The van der Waals surface area contributed by atoms with Crippen LogP contribution in [0.2, 0.25) is 0 Å². The average molecular weight is 310 g/mol. The molecule has 0 fully saturated rings. The fraction of sp³-hybridized carbons (Fsp3) is 0.235. The van der Waals surface area contributed by atoms with Crippen LogP contribution < -0.4 is 5.32 Å². The molecule has 0 unspecified atom stereocenters. The average Bonchev–Trinajstić information content (AvgIpc) is 3.22. The maximum absolute atomic E-state index is 12.1. The number of hydrogen-bond donors (Lipinski definition) is 1. The normalized spacial score (nSPS) is 10.7. The van der Waals surface area contributed by atoms with Gasteiger partial charge < -0.3 is 14.4 Å². The Balaban J connectivity index is 1.51. The number of carbonyl (C=O) groups excluding carboxylic acids is 1. The van der Waals surface area contributed by atoms with Crippen LogP contribution >= 0.6 is 0 Å². The molecule has 23 heavy (non-hydrogen) atoms. The van der Waals surface area contributed by atoms with Crippen molar-refractivity contribution in [3.8, 4) is 11.3 Å². The largest absolute Gasteiger partial charge is 0.355 e. The van der Waals surface area contributed by atoms with Crippen LogP contribution in [0.1, 0.15) is 22.6 Å². The summed E-state index contributed by atoms with van der Waals surface area (Å²) in [4.78, 5) is 16.1. The first-order valence-corrected chi connectivity index (χ1v) is 7.49. The zero-order valence-corrected chi connectivity index (χ0v) is 12.9. The first kappa shape index (κ1) is 15.0. The highest BCUT2D eigenvalue weighted by Crippen LogP contribution is 2.19. The zero-order chi connectivity index (χ0) is 16.1. The van der Waals surface area contributed by atoms with Crippen LogP contribution in [-0.2, 0) is 13.5 Å². The highest BCUT2D eigenvalue weighted by atomic mass is 16.5. The number of amides is 1. The molecule has 2 aromatic heterocycles. The summed E-state index contributed by atoms with van der Waals surface area (Å²) in [5, 5.41) is 6.69. The summed E-state index contributed by atoms with van der Waals surface area (Å²) < 4.78 is 7.21. The van der Waals surface area contributed by atoms with Gasteiger partial charge in [-0.25, -0.2) is 4.98 Å². The van der Waals surface area contributed by atoms with Gasteiger partial charge in [-0.3, -0.25) is 4.79 Å². The van der Waals surface area contributed by atoms with E-state index in [0.717, 1.165) is 24.1 Å². The van der Waals surface area contributed by atoms with Gasteiger partial charge in [-0.15, -0.1) is 0 Å². The molecule has 2 heterocycles. The number of benzene rings is 1. The Hall–Kier alpha value is -2.89. The molecule has 3 rings (SSSR count). The van der Waals surface area contributed by atoms with Gasteiger partial charge in [0.25, 0.3) is 5.91 Å². The van der Waals surface area contributed by atoms with Gasteiger partial charge in [-0.2, -0.15) is 0 Å². The quantitative estimate of drug-likeness (QED) is 0.710. The van der Waals surface area contributed by atoms with E-state index in [4.69, 9.17) is 4.52 Å². The molecule has 1 aromatic carbocycles. The van der Waals surface area contributed by atoms with Crippen LogP contribution in [0.5, 0.6) is 0 Å². The van der Waals surface area contributed by atoms with Crippen LogP contribution in [-0.4, -0.2) is 27.2 Å². The maximum atomic E-state index is 12.1. The summed E-state index contributed by atoms with van der Waals surface area (Å²) in [5.41, 5.74) is 2.34. The Morgan fingerprint density at radius 1 is 1.30 bits per heavy atom.